The fraction of sp³-hybridized carbons (Fsp3) is 0.409. The third-order valence-electron chi connectivity index (χ3n) is 4.53. The van der Waals surface area contributed by atoms with Crippen LogP contribution in [-0.4, -0.2) is 38.2 Å². The first-order chi connectivity index (χ1) is 14.2. The van der Waals surface area contributed by atoms with Crippen LogP contribution in [0.3, 0.4) is 0 Å². The van der Waals surface area contributed by atoms with E-state index >= 15 is 0 Å². The molecule has 1 aromatic carbocycles. The number of hydrogen-bond acceptors (Lipinski definition) is 8. The summed E-state index contributed by atoms with van der Waals surface area (Å²) in [6.45, 7) is 8.53. The average molecular weight is 417 g/mol. The number of rotatable bonds is 7. The second-order valence-electron chi connectivity index (χ2n) is 6.58. The van der Waals surface area contributed by atoms with Gasteiger partial charge in [0.15, 0.2) is 11.5 Å². The number of carbonyl (C=O) groups is 3. The maximum absolute atomic E-state index is 12.8. The van der Waals surface area contributed by atoms with Gasteiger partial charge in [-0.15, -0.1) is 0 Å². The molecule has 0 aliphatic carbocycles. The summed E-state index contributed by atoms with van der Waals surface area (Å²) in [6.07, 6.45) is 0. The summed E-state index contributed by atoms with van der Waals surface area (Å²) < 4.78 is 21.0. The lowest BCUT2D eigenvalue weighted by atomic mass is 9.80. The summed E-state index contributed by atoms with van der Waals surface area (Å²) in [5, 5.41) is 3.07. The molecule has 1 aliphatic heterocycles. The fourth-order valence-corrected chi connectivity index (χ4v) is 3.39. The van der Waals surface area contributed by atoms with E-state index in [1.54, 1.807) is 45.9 Å². The van der Waals surface area contributed by atoms with Gasteiger partial charge < -0.3 is 24.3 Å². The molecular weight excluding hydrogens is 390 g/mol. The number of benzene rings is 1. The zero-order valence-corrected chi connectivity index (χ0v) is 18.1. The SMILES string of the molecule is CCOC(=O)C1=C(C)NC(C)=C(C(=O)OCC)C1c1ccc(OC)c(OC(C)=O)c1. The first-order valence-corrected chi connectivity index (χ1v) is 9.64. The molecule has 162 valence electrons. The Kier molecular flexibility index (Phi) is 7.63. The highest BCUT2D eigenvalue weighted by molar-refractivity contribution is 6.00. The molecule has 1 aromatic rings. The minimum Gasteiger partial charge on any atom is -0.493 e. The van der Waals surface area contributed by atoms with Crippen molar-refractivity contribution in [1.29, 1.82) is 0 Å². The van der Waals surface area contributed by atoms with E-state index in [4.69, 9.17) is 18.9 Å². The minimum atomic E-state index is -0.774. The molecule has 0 radical (unpaired) electrons. The summed E-state index contributed by atoms with van der Waals surface area (Å²) in [5.74, 6) is -1.87. The molecule has 0 fully saturated rings. The van der Waals surface area contributed by atoms with Crippen LogP contribution in [0.2, 0.25) is 0 Å². The van der Waals surface area contributed by atoms with Crippen molar-refractivity contribution in [3.05, 3.63) is 46.3 Å². The molecule has 2 rings (SSSR count). The van der Waals surface area contributed by atoms with Gasteiger partial charge in [0.25, 0.3) is 0 Å². The lowest BCUT2D eigenvalue weighted by molar-refractivity contribution is -0.139. The molecule has 0 saturated heterocycles. The van der Waals surface area contributed by atoms with Crippen molar-refractivity contribution in [2.45, 2.75) is 40.5 Å². The van der Waals surface area contributed by atoms with Crippen LogP contribution in [0.5, 0.6) is 11.5 Å². The Balaban J connectivity index is 2.71. The standard InChI is InChI=1S/C22H27NO7/c1-7-28-21(25)18-12(3)23-13(4)19(22(26)29-8-2)20(18)15-9-10-16(27-6)17(11-15)30-14(5)24/h9-11,20,23H,7-8H2,1-6H3. The number of methoxy groups -OCH3 is 1. The molecule has 1 heterocycles. The fourth-order valence-electron chi connectivity index (χ4n) is 3.39. The van der Waals surface area contributed by atoms with Crippen LogP contribution >= 0.6 is 0 Å². The zero-order valence-electron chi connectivity index (χ0n) is 18.1. The summed E-state index contributed by atoms with van der Waals surface area (Å²) in [4.78, 5) is 37.1. The smallest absolute Gasteiger partial charge is 0.336 e. The second-order valence-corrected chi connectivity index (χ2v) is 6.58. The molecule has 0 bridgehead atoms. The molecule has 8 heteroatoms. The van der Waals surface area contributed by atoms with Gasteiger partial charge >= 0.3 is 17.9 Å². The van der Waals surface area contributed by atoms with Crippen LogP contribution in [0, 0.1) is 0 Å². The Hall–Kier alpha value is -3.29. The lowest BCUT2D eigenvalue weighted by Gasteiger charge is -2.30. The third kappa shape index (κ3) is 4.82. The van der Waals surface area contributed by atoms with E-state index in [-0.39, 0.29) is 30.1 Å². The topological polar surface area (TPSA) is 100 Å². The molecule has 0 amide bonds. The molecule has 0 atom stereocenters. The van der Waals surface area contributed by atoms with E-state index in [0.29, 0.717) is 22.7 Å². The van der Waals surface area contributed by atoms with E-state index in [2.05, 4.69) is 5.32 Å². The van der Waals surface area contributed by atoms with Crippen molar-refractivity contribution in [3.8, 4) is 11.5 Å². The van der Waals surface area contributed by atoms with Crippen molar-refractivity contribution in [1.82, 2.24) is 5.32 Å². The van der Waals surface area contributed by atoms with Gasteiger partial charge in [-0.2, -0.15) is 0 Å². The van der Waals surface area contributed by atoms with E-state index in [1.165, 1.54) is 14.0 Å². The van der Waals surface area contributed by atoms with Gasteiger partial charge in [-0.25, -0.2) is 9.59 Å². The molecule has 1 N–H and O–H groups in total. The van der Waals surface area contributed by atoms with Gasteiger partial charge in [0, 0.05) is 18.3 Å². The van der Waals surface area contributed by atoms with Crippen LogP contribution in [0.15, 0.2) is 40.7 Å². The normalized spacial score (nSPS) is 14.2. The predicted molar refractivity (Wildman–Crippen MR) is 109 cm³/mol. The maximum atomic E-state index is 12.8. The highest BCUT2D eigenvalue weighted by Gasteiger charge is 2.38. The second kappa shape index (κ2) is 9.96. The van der Waals surface area contributed by atoms with Gasteiger partial charge in [0.05, 0.1) is 37.4 Å². The van der Waals surface area contributed by atoms with E-state index < -0.39 is 23.8 Å². The molecule has 1 aliphatic rings. The van der Waals surface area contributed by atoms with E-state index in [0.717, 1.165) is 0 Å². The molecule has 30 heavy (non-hydrogen) atoms. The summed E-state index contributed by atoms with van der Waals surface area (Å²) >= 11 is 0. The molecule has 0 unspecified atom stereocenters. The average Bonchev–Trinajstić information content (AvgIpc) is 2.67. The Morgan fingerprint density at radius 3 is 1.90 bits per heavy atom. The van der Waals surface area contributed by atoms with Gasteiger partial charge in [-0.3, -0.25) is 4.79 Å². The quantitative estimate of drug-likeness (QED) is 0.534. The van der Waals surface area contributed by atoms with Gasteiger partial charge in [0.2, 0.25) is 0 Å². The van der Waals surface area contributed by atoms with Crippen molar-refractivity contribution < 1.29 is 33.3 Å². The Morgan fingerprint density at radius 1 is 0.933 bits per heavy atom. The Morgan fingerprint density at radius 2 is 1.47 bits per heavy atom. The molecule has 8 nitrogen and oxygen atoms in total. The van der Waals surface area contributed by atoms with Crippen molar-refractivity contribution in [2.75, 3.05) is 20.3 Å². The molecule has 0 spiro atoms. The Labute approximate surface area is 175 Å². The number of ether oxygens (including phenoxy) is 4. The number of dihydropyridines is 1. The first-order valence-electron chi connectivity index (χ1n) is 9.64. The minimum absolute atomic E-state index is 0.182. The molecular formula is C22H27NO7. The van der Waals surface area contributed by atoms with Gasteiger partial charge in [0.1, 0.15) is 0 Å². The van der Waals surface area contributed by atoms with E-state index in [9.17, 15) is 14.4 Å². The lowest BCUT2D eigenvalue weighted by Crippen LogP contribution is -2.32. The third-order valence-corrected chi connectivity index (χ3v) is 4.53. The number of hydrogen-bond donors (Lipinski definition) is 1. The number of carbonyl (C=O) groups excluding carboxylic acids is 3. The maximum Gasteiger partial charge on any atom is 0.336 e. The van der Waals surface area contributed by atoms with Crippen molar-refractivity contribution in [3.63, 3.8) is 0 Å². The Bertz CT molecular complexity index is 874. The van der Waals surface area contributed by atoms with Crippen LogP contribution in [0.1, 0.15) is 46.1 Å². The summed E-state index contributed by atoms with van der Waals surface area (Å²) in [7, 11) is 1.45. The highest BCUT2D eigenvalue weighted by Crippen LogP contribution is 2.42. The first kappa shape index (κ1) is 23.0. The molecule has 0 aromatic heterocycles. The van der Waals surface area contributed by atoms with Crippen LogP contribution in [0.4, 0.5) is 0 Å². The van der Waals surface area contributed by atoms with Crippen LogP contribution < -0.4 is 14.8 Å². The van der Waals surface area contributed by atoms with Crippen molar-refractivity contribution >= 4 is 17.9 Å². The number of nitrogens with one attached hydrogen (secondary N) is 1. The largest absolute Gasteiger partial charge is 0.493 e. The van der Waals surface area contributed by atoms with Gasteiger partial charge in [-0.1, -0.05) is 6.07 Å². The predicted octanol–water partition coefficient (Wildman–Crippen LogP) is 2.98. The van der Waals surface area contributed by atoms with Crippen LogP contribution in [-0.2, 0) is 23.9 Å². The summed E-state index contributed by atoms with van der Waals surface area (Å²) in [6, 6.07) is 4.90. The van der Waals surface area contributed by atoms with Crippen molar-refractivity contribution in [2.24, 2.45) is 0 Å². The molecule has 0 saturated carbocycles. The monoisotopic (exact) mass is 417 g/mol. The highest BCUT2D eigenvalue weighted by atomic mass is 16.6. The summed E-state index contributed by atoms with van der Waals surface area (Å²) in [5.41, 5.74) is 2.25. The van der Waals surface area contributed by atoms with Crippen LogP contribution in [0.25, 0.3) is 0 Å². The van der Waals surface area contributed by atoms with E-state index in [1.807, 2.05) is 0 Å². The number of allylic oxidation sites excluding steroid dienone is 2. The van der Waals surface area contributed by atoms with Gasteiger partial charge in [-0.05, 0) is 45.4 Å². The zero-order chi connectivity index (χ0) is 22.4. The number of esters is 3.